The summed E-state index contributed by atoms with van der Waals surface area (Å²) in [5, 5.41) is 3.38. The van der Waals surface area contributed by atoms with Gasteiger partial charge in [0.25, 0.3) is 0 Å². The Balaban J connectivity index is 2.36. The molecule has 1 aliphatic heterocycles. The number of rotatable bonds is 2. The van der Waals surface area contributed by atoms with E-state index in [1.54, 1.807) is 0 Å². The standard InChI is InChI=1S/C12H15ClN2/c1-3-9-4-11-12(14-6-9)5-10(7-15-11)8(2)13/h4-5,7-8,14H,3,6H2,1-2H3. The number of halogens is 1. The molecule has 0 saturated heterocycles. The quantitative estimate of drug-likeness (QED) is 0.774. The summed E-state index contributed by atoms with van der Waals surface area (Å²) in [6, 6.07) is 2.09. The minimum atomic E-state index is 0.0150. The molecule has 0 spiro atoms. The van der Waals surface area contributed by atoms with Crippen molar-refractivity contribution in [2.24, 2.45) is 0 Å². The van der Waals surface area contributed by atoms with Crippen LogP contribution >= 0.6 is 11.6 Å². The van der Waals surface area contributed by atoms with Gasteiger partial charge in [-0.3, -0.25) is 4.98 Å². The molecule has 1 unspecified atom stereocenters. The zero-order chi connectivity index (χ0) is 10.8. The molecular formula is C12H15ClN2. The van der Waals surface area contributed by atoms with E-state index in [4.69, 9.17) is 11.6 Å². The minimum Gasteiger partial charge on any atom is -0.380 e. The number of nitrogens with zero attached hydrogens (tertiary/aromatic N) is 1. The fourth-order valence-corrected chi connectivity index (χ4v) is 1.77. The summed E-state index contributed by atoms with van der Waals surface area (Å²) in [5.41, 5.74) is 4.58. The second-order valence-corrected chi connectivity index (χ2v) is 4.48. The van der Waals surface area contributed by atoms with Gasteiger partial charge in [0.15, 0.2) is 0 Å². The first-order valence-corrected chi connectivity index (χ1v) is 5.71. The Labute approximate surface area is 95.4 Å². The van der Waals surface area contributed by atoms with Crippen LogP contribution in [0, 0.1) is 0 Å². The number of alkyl halides is 1. The second kappa shape index (κ2) is 4.23. The molecule has 3 heteroatoms. The van der Waals surface area contributed by atoms with Crippen molar-refractivity contribution >= 4 is 23.4 Å². The molecular weight excluding hydrogens is 208 g/mol. The van der Waals surface area contributed by atoms with E-state index in [0.717, 1.165) is 29.9 Å². The van der Waals surface area contributed by atoms with Crippen molar-refractivity contribution in [1.82, 2.24) is 4.98 Å². The molecule has 2 nitrogen and oxygen atoms in total. The van der Waals surface area contributed by atoms with E-state index in [1.807, 2.05) is 13.1 Å². The molecule has 80 valence electrons. The fourth-order valence-electron chi connectivity index (χ4n) is 1.65. The second-order valence-electron chi connectivity index (χ2n) is 3.83. The minimum absolute atomic E-state index is 0.0150. The Morgan fingerprint density at radius 1 is 1.60 bits per heavy atom. The van der Waals surface area contributed by atoms with Crippen molar-refractivity contribution in [3.63, 3.8) is 0 Å². The van der Waals surface area contributed by atoms with Crippen LogP contribution in [-0.2, 0) is 0 Å². The number of anilines is 1. The lowest BCUT2D eigenvalue weighted by molar-refractivity contribution is 1.01. The molecule has 15 heavy (non-hydrogen) atoms. The number of aromatic nitrogens is 1. The lowest BCUT2D eigenvalue weighted by Crippen LogP contribution is -2.11. The molecule has 1 aliphatic rings. The maximum atomic E-state index is 6.02. The van der Waals surface area contributed by atoms with Gasteiger partial charge in [0.2, 0.25) is 0 Å². The van der Waals surface area contributed by atoms with Crippen molar-refractivity contribution in [2.75, 3.05) is 11.9 Å². The number of hydrogen-bond acceptors (Lipinski definition) is 2. The molecule has 0 aromatic carbocycles. The van der Waals surface area contributed by atoms with E-state index >= 15 is 0 Å². The highest BCUT2D eigenvalue weighted by Gasteiger charge is 2.11. The van der Waals surface area contributed by atoms with Crippen molar-refractivity contribution in [3.8, 4) is 0 Å². The zero-order valence-corrected chi connectivity index (χ0v) is 9.80. The Bertz CT molecular complexity index is 397. The highest BCUT2D eigenvalue weighted by Crippen LogP contribution is 2.27. The van der Waals surface area contributed by atoms with Crippen molar-refractivity contribution < 1.29 is 0 Å². The van der Waals surface area contributed by atoms with Crippen molar-refractivity contribution in [3.05, 3.63) is 29.1 Å². The zero-order valence-electron chi connectivity index (χ0n) is 9.05. The van der Waals surface area contributed by atoms with Crippen molar-refractivity contribution in [1.29, 1.82) is 0 Å². The van der Waals surface area contributed by atoms with Crippen LogP contribution in [0.5, 0.6) is 0 Å². The van der Waals surface area contributed by atoms with Gasteiger partial charge in [0, 0.05) is 12.7 Å². The molecule has 1 aromatic heterocycles. The Kier molecular flexibility index (Phi) is 2.96. The van der Waals surface area contributed by atoms with E-state index in [0.29, 0.717) is 0 Å². The molecule has 0 radical (unpaired) electrons. The van der Waals surface area contributed by atoms with E-state index in [1.165, 1.54) is 5.57 Å². The molecule has 1 aromatic rings. The van der Waals surface area contributed by atoms with Gasteiger partial charge in [-0.2, -0.15) is 0 Å². The summed E-state index contributed by atoms with van der Waals surface area (Å²) in [4.78, 5) is 4.42. The number of fused-ring (bicyclic) bond motifs is 1. The predicted molar refractivity (Wildman–Crippen MR) is 65.3 cm³/mol. The molecule has 0 fully saturated rings. The molecule has 2 heterocycles. The topological polar surface area (TPSA) is 24.9 Å². The third-order valence-corrected chi connectivity index (χ3v) is 2.95. The van der Waals surface area contributed by atoms with E-state index in [-0.39, 0.29) is 5.38 Å². The predicted octanol–water partition coefficient (Wildman–Crippen LogP) is 3.60. The van der Waals surface area contributed by atoms with Gasteiger partial charge in [0.05, 0.1) is 16.8 Å². The van der Waals surface area contributed by atoms with Gasteiger partial charge in [-0.1, -0.05) is 6.92 Å². The molecule has 0 bridgehead atoms. The summed E-state index contributed by atoms with van der Waals surface area (Å²) in [6.07, 6.45) is 5.09. The van der Waals surface area contributed by atoms with E-state index in [9.17, 15) is 0 Å². The Hall–Kier alpha value is -1.02. The third-order valence-electron chi connectivity index (χ3n) is 2.70. The van der Waals surface area contributed by atoms with Gasteiger partial charge in [-0.05, 0) is 36.6 Å². The first-order valence-electron chi connectivity index (χ1n) is 5.28. The molecule has 1 atom stereocenters. The Morgan fingerprint density at radius 2 is 2.40 bits per heavy atom. The van der Waals surface area contributed by atoms with Crippen molar-refractivity contribution in [2.45, 2.75) is 25.6 Å². The summed E-state index contributed by atoms with van der Waals surface area (Å²) in [6.45, 7) is 5.04. The lowest BCUT2D eigenvalue weighted by Gasteiger charge is -2.18. The number of nitrogens with one attached hydrogen (secondary N) is 1. The maximum Gasteiger partial charge on any atom is 0.0861 e. The van der Waals surface area contributed by atoms with Crippen LogP contribution in [0.1, 0.15) is 36.9 Å². The average Bonchev–Trinajstić information content (AvgIpc) is 2.27. The lowest BCUT2D eigenvalue weighted by atomic mass is 10.1. The van der Waals surface area contributed by atoms with Crippen LogP contribution in [0.25, 0.3) is 6.08 Å². The van der Waals surface area contributed by atoms with Gasteiger partial charge < -0.3 is 5.32 Å². The van der Waals surface area contributed by atoms with Gasteiger partial charge in [0.1, 0.15) is 0 Å². The number of pyridine rings is 1. The normalized spacial score (nSPS) is 16.3. The highest BCUT2D eigenvalue weighted by atomic mass is 35.5. The first kappa shape index (κ1) is 10.5. The molecule has 1 N–H and O–H groups in total. The third kappa shape index (κ3) is 2.15. The Morgan fingerprint density at radius 3 is 3.07 bits per heavy atom. The van der Waals surface area contributed by atoms with Crippen LogP contribution in [-0.4, -0.2) is 11.5 Å². The number of hydrogen-bond donors (Lipinski definition) is 1. The van der Waals surface area contributed by atoms with E-state index < -0.39 is 0 Å². The maximum absolute atomic E-state index is 6.02. The smallest absolute Gasteiger partial charge is 0.0861 e. The molecule has 0 aliphatic carbocycles. The SMILES string of the molecule is CCC1=Cc2ncc(C(C)Cl)cc2NC1. The molecule has 0 saturated carbocycles. The van der Waals surface area contributed by atoms with Gasteiger partial charge in [-0.25, -0.2) is 0 Å². The van der Waals surface area contributed by atoms with Crippen LogP contribution in [0.2, 0.25) is 0 Å². The van der Waals surface area contributed by atoms with Gasteiger partial charge >= 0.3 is 0 Å². The summed E-state index contributed by atoms with van der Waals surface area (Å²) >= 11 is 6.02. The first-order chi connectivity index (χ1) is 7.20. The molecule has 2 rings (SSSR count). The van der Waals surface area contributed by atoms with Crippen LogP contribution in [0.4, 0.5) is 5.69 Å². The summed E-state index contributed by atoms with van der Waals surface area (Å²) in [7, 11) is 0. The van der Waals surface area contributed by atoms with Crippen LogP contribution < -0.4 is 5.32 Å². The monoisotopic (exact) mass is 222 g/mol. The fraction of sp³-hybridized carbons (Fsp3) is 0.417. The average molecular weight is 223 g/mol. The summed E-state index contributed by atoms with van der Waals surface area (Å²) < 4.78 is 0. The van der Waals surface area contributed by atoms with Gasteiger partial charge in [-0.15, -0.1) is 11.6 Å². The van der Waals surface area contributed by atoms with E-state index in [2.05, 4.69) is 29.4 Å². The van der Waals surface area contributed by atoms with Crippen LogP contribution in [0.3, 0.4) is 0 Å². The highest BCUT2D eigenvalue weighted by molar-refractivity contribution is 6.20. The molecule has 0 amide bonds. The largest absolute Gasteiger partial charge is 0.380 e. The van der Waals surface area contributed by atoms with Crippen LogP contribution in [0.15, 0.2) is 17.8 Å². The summed E-state index contributed by atoms with van der Waals surface area (Å²) in [5.74, 6) is 0.